The summed E-state index contributed by atoms with van der Waals surface area (Å²) in [7, 11) is 0. The number of thiophene rings is 1. The van der Waals surface area contributed by atoms with E-state index in [4.69, 9.17) is 0 Å². The molecule has 0 aliphatic carbocycles. The van der Waals surface area contributed by atoms with Gasteiger partial charge < -0.3 is 5.32 Å². The monoisotopic (exact) mass is 465 g/mol. The predicted molar refractivity (Wildman–Crippen MR) is 127 cm³/mol. The first kappa shape index (κ1) is 20.9. The smallest absolute Gasteiger partial charge is 0.263 e. The molecule has 8 heteroatoms. The number of benzene rings is 2. The molecular formula is C24H20FN3O2S2. The first-order chi connectivity index (χ1) is 15.5. The summed E-state index contributed by atoms with van der Waals surface area (Å²) in [6.45, 7) is 1.87. The van der Waals surface area contributed by atoms with Crippen LogP contribution in [0.5, 0.6) is 0 Å². The van der Waals surface area contributed by atoms with Crippen LogP contribution in [0.25, 0.3) is 21.3 Å². The van der Waals surface area contributed by atoms with Gasteiger partial charge in [-0.15, -0.1) is 23.1 Å². The molecule has 1 N–H and O–H groups in total. The summed E-state index contributed by atoms with van der Waals surface area (Å²) in [6, 6.07) is 12.6. The summed E-state index contributed by atoms with van der Waals surface area (Å²) < 4.78 is 15.5. The van der Waals surface area contributed by atoms with E-state index in [0.29, 0.717) is 21.5 Å². The van der Waals surface area contributed by atoms with Crippen LogP contribution in [0.1, 0.15) is 23.6 Å². The Morgan fingerprint density at radius 1 is 1.25 bits per heavy atom. The molecular weight excluding hydrogens is 445 g/mol. The summed E-state index contributed by atoms with van der Waals surface area (Å²) in [5.41, 5.74) is 3.46. The summed E-state index contributed by atoms with van der Waals surface area (Å²) in [5, 5.41) is 5.42. The van der Waals surface area contributed by atoms with Crippen LogP contribution in [-0.2, 0) is 11.3 Å². The number of carbonyl (C=O) groups excluding carboxylic acids is 1. The van der Waals surface area contributed by atoms with E-state index in [0.717, 1.165) is 28.0 Å². The van der Waals surface area contributed by atoms with Crippen molar-refractivity contribution in [2.24, 2.45) is 0 Å². The van der Waals surface area contributed by atoms with Gasteiger partial charge in [0, 0.05) is 21.6 Å². The molecule has 0 saturated carbocycles. The lowest BCUT2D eigenvalue weighted by atomic mass is 10.0. The fourth-order valence-corrected chi connectivity index (χ4v) is 6.00. The van der Waals surface area contributed by atoms with Crippen molar-refractivity contribution < 1.29 is 9.18 Å². The van der Waals surface area contributed by atoms with Gasteiger partial charge in [-0.1, -0.05) is 42.0 Å². The fourth-order valence-electron chi connectivity index (χ4n) is 3.96. The van der Waals surface area contributed by atoms with Crippen LogP contribution in [0.15, 0.2) is 63.9 Å². The lowest BCUT2D eigenvalue weighted by Crippen LogP contribution is -2.36. The van der Waals surface area contributed by atoms with Crippen molar-refractivity contribution in [2.75, 3.05) is 5.75 Å². The maximum atomic E-state index is 14.1. The predicted octanol–water partition coefficient (Wildman–Crippen LogP) is 4.93. The Labute approximate surface area is 192 Å². The van der Waals surface area contributed by atoms with Gasteiger partial charge in [0.2, 0.25) is 5.91 Å². The quantitative estimate of drug-likeness (QED) is 0.464. The van der Waals surface area contributed by atoms with Gasteiger partial charge >= 0.3 is 0 Å². The number of aromatic nitrogens is 2. The van der Waals surface area contributed by atoms with Crippen LogP contribution >= 0.6 is 23.1 Å². The number of hydrogen-bond donors (Lipinski definition) is 1. The number of carbonyl (C=O) groups is 1. The molecule has 3 heterocycles. The molecule has 162 valence electrons. The molecule has 2 aromatic carbocycles. The Hall–Kier alpha value is -2.97. The van der Waals surface area contributed by atoms with Crippen molar-refractivity contribution in [3.05, 3.63) is 81.5 Å². The number of nitrogens with zero attached hydrogens (tertiary/aromatic N) is 2. The van der Waals surface area contributed by atoms with Gasteiger partial charge in [0.1, 0.15) is 17.2 Å². The van der Waals surface area contributed by atoms with Gasteiger partial charge in [-0.05, 0) is 30.5 Å². The largest absolute Gasteiger partial charge is 0.348 e. The molecule has 0 bridgehead atoms. The Morgan fingerprint density at radius 3 is 2.88 bits per heavy atom. The van der Waals surface area contributed by atoms with Crippen molar-refractivity contribution in [1.29, 1.82) is 0 Å². The second kappa shape index (κ2) is 8.52. The number of aryl methyl sites for hydroxylation is 1. The third-order valence-corrected chi connectivity index (χ3v) is 7.64. The van der Waals surface area contributed by atoms with Crippen molar-refractivity contribution >= 4 is 39.2 Å². The second-order valence-electron chi connectivity index (χ2n) is 7.79. The van der Waals surface area contributed by atoms with Crippen molar-refractivity contribution in [3.8, 4) is 11.1 Å². The number of rotatable bonds is 4. The topological polar surface area (TPSA) is 64.0 Å². The van der Waals surface area contributed by atoms with Gasteiger partial charge in [-0.3, -0.25) is 14.2 Å². The minimum atomic E-state index is -0.299. The molecule has 5 rings (SSSR count). The molecule has 1 atom stereocenters. The van der Waals surface area contributed by atoms with Gasteiger partial charge in [-0.25, -0.2) is 9.37 Å². The normalized spacial score (nSPS) is 15.5. The van der Waals surface area contributed by atoms with Gasteiger partial charge in [0.05, 0.1) is 17.8 Å². The summed E-state index contributed by atoms with van der Waals surface area (Å²) in [4.78, 5) is 31.7. The molecule has 1 aliphatic rings. The molecule has 32 heavy (non-hydrogen) atoms. The van der Waals surface area contributed by atoms with Crippen LogP contribution in [0.4, 0.5) is 4.39 Å². The number of amides is 1. The maximum Gasteiger partial charge on any atom is 0.263 e. The highest BCUT2D eigenvalue weighted by Gasteiger charge is 2.25. The molecule has 0 spiro atoms. The van der Waals surface area contributed by atoms with Crippen LogP contribution < -0.4 is 10.9 Å². The number of thioether (sulfide) groups is 1. The molecule has 4 aromatic rings. The Kier molecular flexibility index (Phi) is 5.57. The van der Waals surface area contributed by atoms with Gasteiger partial charge in [0.25, 0.3) is 5.56 Å². The van der Waals surface area contributed by atoms with E-state index in [1.54, 1.807) is 6.07 Å². The minimum absolute atomic E-state index is 0.140. The van der Waals surface area contributed by atoms with E-state index < -0.39 is 0 Å². The Balaban J connectivity index is 1.42. The lowest BCUT2D eigenvalue weighted by molar-refractivity contribution is -0.122. The van der Waals surface area contributed by atoms with Crippen LogP contribution in [0, 0.1) is 12.7 Å². The average Bonchev–Trinajstić information content (AvgIpc) is 3.22. The zero-order chi connectivity index (χ0) is 22.2. The number of fused-ring (bicyclic) bond motifs is 2. The molecule has 0 saturated heterocycles. The molecule has 1 aliphatic heterocycles. The zero-order valence-electron chi connectivity index (χ0n) is 17.3. The third-order valence-electron chi connectivity index (χ3n) is 5.60. The molecule has 0 fully saturated rings. The molecule has 1 amide bonds. The van der Waals surface area contributed by atoms with Gasteiger partial charge in [-0.2, -0.15) is 0 Å². The second-order valence-corrected chi connectivity index (χ2v) is 9.75. The van der Waals surface area contributed by atoms with E-state index in [9.17, 15) is 14.0 Å². The SMILES string of the molecule is Cc1ccc(-c2csc3ncn(CC(=O)N[C@@H]4CCSc5c(F)cccc54)c(=O)c23)cc1. The molecule has 2 aromatic heterocycles. The van der Waals surface area contributed by atoms with Crippen LogP contribution in [0.2, 0.25) is 0 Å². The summed E-state index contributed by atoms with van der Waals surface area (Å²) in [5.74, 6) is 0.159. The van der Waals surface area contributed by atoms with Crippen molar-refractivity contribution in [3.63, 3.8) is 0 Å². The highest BCUT2D eigenvalue weighted by atomic mass is 32.2. The fraction of sp³-hybridized carbons (Fsp3) is 0.208. The first-order valence-electron chi connectivity index (χ1n) is 10.3. The average molecular weight is 466 g/mol. The maximum absolute atomic E-state index is 14.1. The van der Waals surface area contributed by atoms with Crippen LogP contribution in [0.3, 0.4) is 0 Å². The summed E-state index contributed by atoms with van der Waals surface area (Å²) >= 11 is 2.88. The van der Waals surface area contributed by atoms with E-state index in [1.165, 1.54) is 40.1 Å². The van der Waals surface area contributed by atoms with Crippen molar-refractivity contribution in [2.45, 2.75) is 30.8 Å². The van der Waals surface area contributed by atoms with Gasteiger partial charge in [0.15, 0.2) is 0 Å². The lowest BCUT2D eigenvalue weighted by Gasteiger charge is -2.26. The highest BCUT2D eigenvalue weighted by Crippen LogP contribution is 2.37. The Morgan fingerprint density at radius 2 is 2.06 bits per heavy atom. The first-order valence-corrected chi connectivity index (χ1v) is 12.1. The highest BCUT2D eigenvalue weighted by molar-refractivity contribution is 7.99. The standard InChI is InChI=1S/C24H20FN3O2S2/c1-14-5-7-15(8-6-14)17-12-32-23-21(17)24(30)28(13-26-23)11-20(29)27-19-9-10-31-22-16(19)3-2-4-18(22)25/h2-8,12-13,19H,9-11H2,1H3,(H,27,29)/t19-/m1/s1. The zero-order valence-corrected chi connectivity index (χ0v) is 18.9. The van der Waals surface area contributed by atoms with E-state index in [-0.39, 0.29) is 29.9 Å². The van der Waals surface area contributed by atoms with E-state index in [2.05, 4.69) is 10.3 Å². The van der Waals surface area contributed by atoms with E-state index >= 15 is 0 Å². The minimum Gasteiger partial charge on any atom is -0.348 e. The molecule has 0 unspecified atom stereocenters. The van der Waals surface area contributed by atoms with E-state index in [1.807, 2.05) is 42.6 Å². The third kappa shape index (κ3) is 3.84. The molecule has 0 radical (unpaired) electrons. The van der Waals surface area contributed by atoms with Crippen LogP contribution in [-0.4, -0.2) is 21.2 Å². The number of hydrogen-bond acceptors (Lipinski definition) is 5. The Bertz CT molecular complexity index is 1380. The number of halogens is 1. The summed E-state index contributed by atoms with van der Waals surface area (Å²) in [6.07, 6.45) is 2.13. The van der Waals surface area contributed by atoms with Crippen molar-refractivity contribution in [1.82, 2.24) is 14.9 Å². The number of nitrogens with one attached hydrogen (secondary N) is 1. The molecule has 5 nitrogen and oxygen atoms in total.